The number of benzene rings is 3. The number of hydrazone groups is 1. The van der Waals surface area contributed by atoms with Crippen LogP contribution in [0, 0.1) is 6.92 Å². The number of para-hydroxylation sites is 1. The lowest BCUT2D eigenvalue weighted by Gasteiger charge is -2.33. The molecule has 0 bridgehead atoms. The van der Waals surface area contributed by atoms with Crippen LogP contribution >= 0.6 is 0 Å². The number of carbonyl (C=O) groups is 2. The molecule has 7 nitrogen and oxygen atoms in total. The number of hydrogen-bond donors (Lipinski definition) is 2. The maximum atomic E-state index is 14.1. The molecule has 35 heavy (non-hydrogen) atoms. The topological polar surface area (TPSA) is 77.0 Å². The first-order chi connectivity index (χ1) is 16.9. The Balaban J connectivity index is 1.84. The molecule has 3 aromatic rings. The first-order valence-corrected chi connectivity index (χ1v) is 11.9. The van der Waals surface area contributed by atoms with E-state index in [0.717, 1.165) is 35.6 Å². The lowest BCUT2D eigenvalue weighted by atomic mass is 9.95. The molecule has 0 radical (unpaired) electrons. The number of carbonyl (C=O) groups excluding carboxylic acids is 2. The van der Waals surface area contributed by atoms with E-state index in [1.54, 1.807) is 0 Å². The van der Waals surface area contributed by atoms with Crippen LogP contribution in [0.1, 0.15) is 31.9 Å². The van der Waals surface area contributed by atoms with Crippen molar-refractivity contribution in [3.8, 4) is 0 Å². The molecule has 1 aliphatic heterocycles. The Morgan fingerprint density at radius 3 is 2.17 bits per heavy atom. The molecular weight excluding hydrogens is 438 g/mol. The Morgan fingerprint density at radius 1 is 0.971 bits per heavy atom. The summed E-state index contributed by atoms with van der Waals surface area (Å²) in [6.07, 6.45) is 0. The number of hydrogen-bond acceptors (Lipinski definition) is 5. The van der Waals surface area contributed by atoms with Gasteiger partial charge in [0.05, 0.1) is 5.69 Å². The highest BCUT2D eigenvalue weighted by atomic mass is 16.2. The summed E-state index contributed by atoms with van der Waals surface area (Å²) < 4.78 is 0. The molecule has 0 aliphatic carbocycles. The standard InChI is InChI=1S/C28H31N5O2/c1-5-32(6-2)24-17-18-25(20(3)19-24)30-28(29-21(4)34)26(22-13-9-7-10-14-22)31-33(27(28)35)23-15-11-8-12-16-23/h7-19,30H,5-6H2,1-4H3,(H,29,34). The van der Waals surface area contributed by atoms with Crippen molar-refractivity contribution in [2.45, 2.75) is 33.4 Å². The highest BCUT2D eigenvalue weighted by Crippen LogP contribution is 2.33. The second kappa shape index (κ2) is 10.0. The highest BCUT2D eigenvalue weighted by Gasteiger charge is 2.53. The second-order valence-electron chi connectivity index (χ2n) is 8.49. The lowest BCUT2D eigenvalue weighted by Crippen LogP contribution is -2.64. The van der Waals surface area contributed by atoms with Crippen molar-refractivity contribution in [1.29, 1.82) is 0 Å². The van der Waals surface area contributed by atoms with Gasteiger partial charge in [-0.2, -0.15) is 10.1 Å². The number of anilines is 3. The zero-order chi connectivity index (χ0) is 25.0. The molecule has 1 atom stereocenters. The van der Waals surface area contributed by atoms with Crippen LogP contribution < -0.4 is 20.5 Å². The van der Waals surface area contributed by atoms with Crippen molar-refractivity contribution in [3.05, 3.63) is 90.0 Å². The molecule has 0 spiro atoms. The minimum Gasteiger partial charge on any atom is -0.372 e. The van der Waals surface area contributed by atoms with E-state index >= 15 is 0 Å². The summed E-state index contributed by atoms with van der Waals surface area (Å²) >= 11 is 0. The maximum Gasteiger partial charge on any atom is 0.300 e. The molecule has 1 heterocycles. The van der Waals surface area contributed by atoms with Gasteiger partial charge in [0.25, 0.3) is 0 Å². The van der Waals surface area contributed by atoms with Crippen molar-refractivity contribution >= 4 is 34.6 Å². The molecule has 1 unspecified atom stereocenters. The summed E-state index contributed by atoms with van der Waals surface area (Å²) in [5.74, 6) is -0.730. The maximum absolute atomic E-state index is 14.1. The predicted octanol–water partition coefficient (Wildman–Crippen LogP) is 4.54. The van der Waals surface area contributed by atoms with E-state index in [0.29, 0.717) is 11.4 Å². The van der Waals surface area contributed by atoms with Crippen molar-refractivity contribution < 1.29 is 9.59 Å². The molecule has 0 aromatic heterocycles. The van der Waals surface area contributed by atoms with Gasteiger partial charge >= 0.3 is 5.91 Å². The molecule has 2 N–H and O–H groups in total. The first-order valence-electron chi connectivity index (χ1n) is 11.9. The largest absolute Gasteiger partial charge is 0.372 e. The third kappa shape index (κ3) is 4.62. The van der Waals surface area contributed by atoms with Gasteiger partial charge in [-0.1, -0.05) is 48.5 Å². The molecular formula is C28H31N5O2. The monoisotopic (exact) mass is 469 g/mol. The zero-order valence-corrected chi connectivity index (χ0v) is 20.6. The molecule has 0 saturated carbocycles. The molecule has 0 saturated heterocycles. The Kier molecular flexibility index (Phi) is 6.87. The zero-order valence-electron chi connectivity index (χ0n) is 20.6. The number of amides is 2. The summed E-state index contributed by atoms with van der Waals surface area (Å²) in [4.78, 5) is 28.8. The van der Waals surface area contributed by atoms with E-state index in [1.165, 1.54) is 11.9 Å². The van der Waals surface area contributed by atoms with Crippen molar-refractivity contribution in [1.82, 2.24) is 5.32 Å². The van der Waals surface area contributed by atoms with Gasteiger partial charge in [0, 0.05) is 37.0 Å². The van der Waals surface area contributed by atoms with E-state index in [-0.39, 0.29) is 11.8 Å². The predicted molar refractivity (Wildman–Crippen MR) is 142 cm³/mol. The second-order valence-corrected chi connectivity index (χ2v) is 8.49. The minimum absolute atomic E-state index is 0.346. The quantitative estimate of drug-likeness (QED) is 0.475. The van der Waals surface area contributed by atoms with Gasteiger partial charge in [0.2, 0.25) is 11.6 Å². The van der Waals surface area contributed by atoms with Crippen LogP contribution in [0.3, 0.4) is 0 Å². The fraction of sp³-hybridized carbons (Fsp3) is 0.250. The fourth-order valence-electron chi connectivity index (χ4n) is 4.39. The van der Waals surface area contributed by atoms with Crippen molar-refractivity contribution in [2.24, 2.45) is 5.10 Å². The van der Waals surface area contributed by atoms with E-state index in [9.17, 15) is 9.59 Å². The lowest BCUT2D eigenvalue weighted by molar-refractivity contribution is -0.127. The van der Waals surface area contributed by atoms with Crippen LogP contribution in [-0.2, 0) is 9.59 Å². The number of nitrogens with one attached hydrogen (secondary N) is 2. The van der Waals surface area contributed by atoms with Crippen LogP contribution in [0.5, 0.6) is 0 Å². The molecule has 180 valence electrons. The Morgan fingerprint density at radius 2 is 1.60 bits per heavy atom. The molecule has 4 rings (SSSR count). The van der Waals surface area contributed by atoms with Gasteiger partial charge in [0.1, 0.15) is 5.71 Å². The van der Waals surface area contributed by atoms with Gasteiger partial charge in [-0.25, -0.2) is 0 Å². The highest BCUT2D eigenvalue weighted by molar-refractivity contribution is 6.30. The van der Waals surface area contributed by atoms with Crippen LogP contribution in [0.25, 0.3) is 0 Å². The molecule has 2 amide bonds. The normalized spacial score (nSPS) is 17.2. The van der Waals surface area contributed by atoms with Crippen molar-refractivity contribution in [2.75, 3.05) is 28.3 Å². The van der Waals surface area contributed by atoms with E-state index < -0.39 is 5.66 Å². The van der Waals surface area contributed by atoms with Crippen molar-refractivity contribution in [3.63, 3.8) is 0 Å². The molecule has 3 aromatic carbocycles. The summed E-state index contributed by atoms with van der Waals surface area (Å²) in [5.41, 5.74) is 3.00. The number of rotatable bonds is 8. The SMILES string of the molecule is CCN(CC)c1ccc(NC2(NC(C)=O)C(=O)N(c3ccccc3)N=C2c2ccccc2)c(C)c1. The third-order valence-corrected chi connectivity index (χ3v) is 6.14. The molecule has 1 aliphatic rings. The summed E-state index contributed by atoms with van der Waals surface area (Å²) in [7, 11) is 0. The van der Waals surface area contributed by atoms with Gasteiger partial charge in [-0.3, -0.25) is 9.59 Å². The Labute approximate surface area is 206 Å². The van der Waals surface area contributed by atoms with Gasteiger partial charge in [-0.15, -0.1) is 0 Å². The number of nitrogens with zero attached hydrogens (tertiary/aromatic N) is 3. The van der Waals surface area contributed by atoms with Crippen LogP contribution in [0.2, 0.25) is 0 Å². The smallest absolute Gasteiger partial charge is 0.300 e. The van der Waals surface area contributed by atoms with E-state index in [2.05, 4.69) is 35.4 Å². The molecule has 0 fully saturated rings. The average molecular weight is 470 g/mol. The summed E-state index contributed by atoms with van der Waals surface area (Å²) in [6.45, 7) is 9.43. The van der Waals surface area contributed by atoms with Crippen LogP contribution in [-0.4, -0.2) is 36.3 Å². The Bertz CT molecular complexity index is 1240. The van der Waals surface area contributed by atoms with E-state index in [1.807, 2.05) is 79.7 Å². The van der Waals surface area contributed by atoms with Crippen LogP contribution in [0.4, 0.5) is 17.1 Å². The number of aryl methyl sites for hydroxylation is 1. The van der Waals surface area contributed by atoms with Gasteiger partial charge < -0.3 is 15.5 Å². The van der Waals surface area contributed by atoms with Gasteiger partial charge in [-0.05, 0) is 56.7 Å². The minimum atomic E-state index is -1.58. The van der Waals surface area contributed by atoms with E-state index in [4.69, 9.17) is 5.10 Å². The molecule has 7 heteroatoms. The third-order valence-electron chi connectivity index (χ3n) is 6.14. The van der Waals surface area contributed by atoms with Crippen LogP contribution in [0.15, 0.2) is 84.0 Å². The summed E-state index contributed by atoms with van der Waals surface area (Å²) in [5, 5.41) is 12.4. The Hall–Kier alpha value is -4.13. The summed E-state index contributed by atoms with van der Waals surface area (Å²) in [6, 6.07) is 24.7. The fourth-order valence-corrected chi connectivity index (χ4v) is 4.39. The average Bonchev–Trinajstić information content (AvgIpc) is 3.14. The first kappa shape index (κ1) is 24.0. The van der Waals surface area contributed by atoms with Gasteiger partial charge in [0.15, 0.2) is 0 Å².